The summed E-state index contributed by atoms with van der Waals surface area (Å²) < 4.78 is 0. The molecule has 0 saturated heterocycles. The molecule has 6 nitrogen and oxygen atoms in total. The van der Waals surface area contributed by atoms with Crippen molar-refractivity contribution in [2.75, 3.05) is 29.9 Å². The molecule has 0 atom stereocenters. The van der Waals surface area contributed by atoms with E-state index in [1.165, 1.54) is 11.3 Å². The molecule has 0 bridgehead atoms. The number of para-hydroxylation sites is 1. The minimum Gasteiger partial charge on any atom is -0.395 e. The van der Waals surface area contributed by atoms with Crippen molar-refractivity contribution < 1.29 is 5.11 Å². The van der Waals surface area contributed by atoms with Crippen LogP contribution in [0.3, 0.4) is 0 Å². The summed E-state index contributed by atoms with van der Waals surface area (Å²) in [7, 11) is 0. The van der Waals surface area contributed by atoms with E-state index in [0.717, 1.165) is 35.5 Å². The van der Waals surface area contributed by atoms with Crippen LogP contribution in [0.2, 0.25) is 0 Å². The van der Waals surface area contributed by atoms with Gasteiger partial charge in [0.1, 0.15) is 17.8 Å². The van der Waals surface area contributed by atoms with Gasteiger partial charge in [-0.25, -0.2) is 9.97 Å². The third kappa shape index (κ3) is 2.00. The van der Waals surface area contributed by atoms with E-state index in [-0.39, 0.29) is 6.61 Å². The van der Waals surface area contributed by atoms with Gasteiger partial charge in [0.2, 0.25) is 0 Å². The first kappa shape index (κ1) is 13.1. The predicted molar refractivity (Wildman–Crippen MR) is 86.6 cm³/mol. The molecule has 0 spiro atoms. The number of hydrogen-bond acceptors (Lipinski definition) is 5. The third-order valence-corrected chi connectivity index (χ3v) is 4.02. The zero-order valence-corrected chi connectivity index (χ0v) is 12.1. The molecule has 0 aliphatic carbocycles. The van der Waals surface area contributed by atoms with Crippen molar-refractivity contribution in [3.05, 3.63) is 42.4 Å². The largest absolute Gasteiger partial charge is 0.395 e. The number of aliphatic hydroxyl groups excluding tert-OH is 1. The minimum absolute atomic E-state index is 0.0856. The molecule has 1 aliphatic rings. The first-order chi connectivity index (χ1) is 10.9. The van der Waals surface area contributed by atoms with Gasteiger partial charge in [-0.3, -0.25) is 0 Å². The SMILES string of the molecule is OCCNc1c[nH]c2ncnc(N3CCc4ccccc43)c12. The summed E-state index contributed by atoms with van der Waals surface area (Å²) in [4.78, 5) is 14.2. The lowest BCUT2D eigenvalue weighted by Crippen LogP contribution is -2.16. The van der Waals surface area contributed by atoms with Gasteiger partial charge in [0.25, 0.3) is 0 Å². The summed E-state index contributed by atoms with van der Waals surface area (Å²) in [5.41, 5.74) is 4.27. The fraction of sp³-hybridized carbons (Fsp3) is 0.250. The Morgan fingerprint density at radius 1 is 1.27 bits per heavy atom. The Kier molecular flexibility index (Phi) is 3.16. The highest BCUT2D eigenvalue weighted by Crippen LogP contribution is 2.38. The van der Waals surface area contributed by atoms with Crippen molar-refractivity contribution in [3.8, 4) is 0 Å². The maximum atomic E-state index is 9.03. The van der Waals surface area contributed by atoms with Gasteiger partial charge < -0.3 is 20.3 Å². The average Bonchev–Trinajstić information content (AvgIpc) is 3.17. The molecule has 1 aromatic carbocycles. The number of fused-ring (bicyclic) bond motifs is 2. The number of nitrogens with one attached hydrogen (secondary N) is 2. The van der Waals surface area contributed by atoms with Gasteiger partial charge in [-0.05, 0) is 18.1 Å². The highest BCUT2D eigenvalue weighted by molar-refractivity contribution is 6.00. The molecule has 3 heterocycles. The molecule has 0 unspecified atom stereocenters. The summed E-state index contributed by atoms with van der Waals surface area (Å²) in [6.07, 6.45) is 4.48. The highest BCUT2D eigenvalue weighted by Gasteiger charge is 2.24. The normalized spacial score (nSPS) is 13.6. The number of aromatic amines is 1. The predicted octanol–water partition coefficient (Wildman–Crippen LogP) is 2.06. The molecule has 3 N–H and O–H groups in total. The number of aliphatic hydroxyl groups is 1. The van der Waals surface area contributed by atoms with Crippen LogP contribution in [0.4, 0.5) is 17.2 Å². The van der Waals surface area contributed by atoms with E-state index in [9.17, 15) is 0 Å². The van der Waals surface area contributed by atoms with E-state index in [1.807, 2.05) is 6.20 Å². The first-order valence-corrected chi connectivity index (χ1v) is 7.41. The lowest BCUT2D eigenvalue weighted by atomic mass is 10.2. The molecule has 4 rings (SSSR count). The smallest absolute Gasteiger partial charge is 0.148 e. The van der Waals surface area contributed by atoms with Gasteiger partial charge in [-0.2, -0.15) is 0 Å². The van der Waals surface area contributed by atoms with E-state index in [1.54, 1.807) is 6.33 Å². The molecule has 0 radical (unpaired) electrons. The summed E-state index contributed by atoms with van der Waals surface area (Å²) >= 11 is 0. The van der Waals surface area contributed by atoms with Crippen LogP contribution in [0, 0.1) is 0 Å². The van der Waals surface area contributed by atoms with E-state index in [2.05, 4.69) is 49.4 Å². The zero-order chi connectivity index (χ0) is 14.9. The molecular formula is C16H17N5O. The second kappa shape index (κ2) is 5.31. The number of nitrogens with zero attached hydrogens (tertiary/aromatic N) is 3. The first-order valence-electron chi connectivity index (χ1n) is 7.41. The Morgan fingerprint density at radius 2 is 2.18 bits per heavy atom. The van der Waals surface area contributed by atoms with Crippen LogP contribution >= 0.6 is 0 Å². The molecule has 0 saturated carbocycles. The van der Waals surface area contributed by atoms with Crippen LogP contribution in [-0.4, -0.2) is 39.8 Å². The number of anilines is 3. The van der Waals surface area contributed by atoms with Crippen molar-refractivity contribution in [2.24, 2.45) is 0 Å². The fourth-order valence-electron chi connectivity index (χ4n) is 3.04. The summed E-state index contributed by atoms with van der Waals surface area (Å²) in [5.74, 6) is 0.900. The van der Waals surface area contributed by atoms with Gasteiger partial charge in [0.05, 0.1) is 17.7 Å². The van der Waals surface area contributed by atoms with Crippen molar-refractivity contribution in [1.29, 1.82) is 0 Å². The molecule has 112 valence electrons. The molecule has 0 fully saturated rings. The number of rotatable bonds is 4. The van der Waals surface area contributed by atoms with Crippen LogP contribution in [0.1, 0.15) is 5.56 Å². The second-order valence-corrected chi connectivity index (χ2v) is 5.30. The molecule has 3 aromatic rings. The average molecular weight is 295 g/mol. The van der Waals surface area contributed by atoms with Crippen molar-refractivity contribution in [2.45, 2.75) is 6.42 Å². The maximum Gasteiger partial charge on any atom is 0.148 e. The van der Waals surface area contributed by atoms with Crippen LogP contribution in [0.25, 0.3) is 11.0 Å². The molecule has 2 aromatic heterocycles. The fourth-order valence-corrected chi connectivity index (χ4v) is 3.04. The van der Waals surface area contributed by atoms with Crippen LogP contribution < -0.4 is 10.2 Å². The van der Waals surface area contributed by atoms with E-state index < -0.39 is 0 Å². The second-order valence-electron chi connectivity index (χ2n) is 5.30. The Bertz CT molecular complexity index is 813. The minimum atomic E-state index is 0.0856. The Labute approximate surface area is 127 Å². The van der Waals surface area contributed by atoms with Gasteiger partial charge in [-0.15, -0.1) is 0 Å². The lowest BCUT2D eigenvalue weighted by Gasteiger charge is -2.19. The van der Waals surface area contributed by atoms with Crippen molar-refractivity contribution in [3.63, 3.8) is 0 Å². The molecule has 6 heteroatoms. The molecular weight excluding hydrogens is 278 g/mol. The van der Waals surface area contributed by atoms with Crippen molar-refractivity contribution >= 4 is 28.2 Å². The zero-order valence-electron chi connectivity index (χ0n) is 12.1. The van der Waals surface area contributed by atoms with Crippen LogP contribution in [0.5, 0.6) is 0 Å². The number of hydrogen-bond donors (Lipinski definition) is 3. The van der Waals surface area contributed by atoms with Crippen LogP contribution in [-0.2, 0) is 6.42 Å². The Morgan fingerprint density at radius 3 is 3.09 bits per heavy atom. The Hall–Kier alpha value is -2.60. The maximum absolute atomic E-state index is 9.03. The molecule has 0 amide bonds. The number of H-pyrrole nitrogens is 1. The van der Waals surface area contributed by atoms with E-state index in [4.69, 9.17) is 5.11 Å². The topological polar surface area (TPSA) is 77.1 Å². The number of aromatic nitrogens is 3. The van der Waals surface area contributed by atoms with E-state index in [0.29, 0.717) is 6.54 Å². The van der Waals surface area contributed by atoms with E-state index >= 15 is 0 Å². The summed E-state index contributed by atoms with van der Waals surface area (Å²) in [6.45, 7) is 1.50. The number of benzene rings is 1. The molecule has 22 heavy (non-hydrogen) atoms. The summed E-state index contributed by atoms with van der Waals surface area (Å²) in [6, 6.07) is 8.42. The van der Waals surface area contributed by atoms with Gasteiger partial charge in [0, 0.05) is 25.0 Å². The van der Waals surface area contributed by atoms with Gasteiger partial charge in [0.15, 0.2) is 0 Å². The quantitative estimate of drug-likeness (QED) is 0.687. The monoisotopic (exact) mass is 295 g/mol. The molecule has 1 aliphatic heterocycles. The summed E-state index contributed by atoms with van der Waals surface area (Å²) in [5, 5.41) is 13.2. The Balaban J connectivity index is 1.84. The third-order valence-electron chi connectivity index (χ3n) is 4.02. The van der Waals surface area contributed by atoms with Gasteiger partial charge in [-0.1, -0.05) is 18.2 Å². The van der Waals surface area contributed by atoms with Crippen molar-refractivity contribution in [1.82, 2.24) is 15.0 Å². The standard InChI is InChI=1S/C16H17N5O/c22-8-6-17-12-9-18-15-14(12)16(20-10-19-15)21-7-5-11-3-1-2-4-13(11)21/h1-4,9-10,17,22H,5-8H2,(H,18,19,20). The highest BCUT2D eigenvalue weighted by atomic mass is 16.3. The van der Waals surface area contributed by atoms with Gasteiger partial charge >= 0.3 is 0 Å². The lowest BCUT2D eigenvalue weighted by molar-refractivity contribution is 0.311. The van der Waals surface area contributed by atoms with Crippen LogP contribution in [0.15, 0.2) is 36.8 Å².